The molecule has 0 rings (SSSR count). The van der Waals surface area contributed by atoms with Crippen LogP contribution in [0.25, 0.3) is 0 Å². The molecule has 0 amide bonds. The third kappa shape index (κ3) is 11.5. The summed E-state index contributed by atoms with van der Waals surface area (Å²) in [6, 6.07) is 0. The Labute approximate surface area is 106 Å². The molecule has 18 heavy (non-hydrogen) atoms. The number of guanidine groups is 1. The number of rotatable bonds is 8. The Kier molecular flexibility index (Phi) is 8.53. The van der Waals surface area contributed by atoms with E-state index in [2.05, 4.69) is 17.2 Å². The molecule has 0 aromatic rings. The fourth-order valence-electron chi connectivity index (χ4n) is 1.37. The van der Waals surface area contributed by atoms with Gasteiger partial charge in [0.1, 0.15) is 0 Å². The minimum Gasteiger partial charge on any atom is -0.370 e. The van der Waals surface area contributed by atoms with Crippen LogP contribution in [0.2, 0.25) is 0 Å². The van der Waals surface area contributed by atoms with Crippen LogP contribution in [-0.4, -0.2) is 50.3 Å². The van der Waals surface area contributed by atoms with Gasteiger partial charge in [-0.2, -0.15) is 13.2 Å². The van der Waals surface area contributed by atoms with Crippen molar-refractivity contribution in [3.63, 3.8) is 0 Å². The van der Waals surface area contributed by atoms with Crippen molar-refractivity contribution in [1.29, 1.82) is 0 Å². The summed E-state index contributed by atoms with van der Waals surface area (Å²) in [6.45, 7) is 2.75. The Bertz CT molecular complexity index is 241. The third-order valence-corrected chi connectivity index (χ3v) is 2.27. The van der Waals surface area contributed by atoms with E-state index in [0.29, 0.717) is 25.5 Å². The largest absolute Gasteiger partial charge is 0.401 e. The molecule has 108 valence electrons. The van der Waals surface area contributed by atoms with Crippen LogP contribution in [0.5, 0.6) is 0 Å². The molecular weight excluding hydrogens is 245 g/mol. The Balaban J connectivity index is 3.62. The molecule has 0 saturated carbocycles. The summed E-state index contributed by atoms with van der Waals surface area (Å²) in [6.07, 6.45) is -1.49. The minimum atomic E-state index is -4.14. The van der Waals surface area contributed by atoms with E-state index >= 15 is 0 Å². The number of alkyl halides is 3. The second-order valence-electron chi connectivity index (χ2n) is 4.25. The van der Waals surface area contributed by atoms with E-state index in [9.17, 15) is 13.2 Å². The summed E-state index contributed by atoms with van der Waals surface area (Å²) in [5, 5.41) is 2.94. The lowest BCUT2D eigenvalue weighted by Gasteiger charge is -2.17. The Morgan fingerprint density at radius 1 is 1.33 bits per heavy atom. The number of nitrogens with zero attached hydrogens (tertiary/aromatic N) is 2. The zero-order chi connectivity index (χ0) is 14.0. The first-order chi connectivity index (χ1) is 8.35. The normalized spacial score (nSPS) is 13.1. The fourth-order valence-corrected chi connectivity index (χ4v) is 1.37. The first-order valence-electron chi connectivity index (χ1n) is 6.14. The van der Waals surface area contributed by atoms with Crippen LogP contribution in [0.1, 0.15) is 26.2 Å². The van der Waals surface area contributed by atoms with Gasteiger partial charge in [-0.3, -0.25) is 9.89 Å². The Morgan fingerprint density at radius 2 is 2.00 bits per heavy atom. The molecule has 0 aromatic heterocycles. The van der Waals surface area contributed by atoms with Crippen LogP contribution in [0.3, 0.4) is 0 Å². The molecule has 0 spiro atoms. The molecule has 0 aliphatic heterocycles. The van der Waals surface area contributed by atoms with Crippen LogP contribution >= 0.6 is 0 Å². The van der Waals surface area contributed by atoms with Crippen LogP contribution in [0.15, 0.2) is 4.99 Å². The molecule has 3 N–H and O–H groups in total. The second kappa shape index (κ2) is 9.02. The highest BCUT2D eigenvalue weighted by molar-refractivity contribution is 5.77. The molecule has 0 bridgehead atoms. The SMILES string of the molecule is CCCCNC(N)=NCCCN(C)CC(F)(F)F. The highest BCUT2D eigenvalue weighted by atomic mass is 19.4. The van der Waals surface area contributed by atoms with Crippen molar-refractivity contribution in [3.8, 4) is 0 Å². The van der Waals surface area contributed by atoms with Crippen molar-refractivity contribution in [3.05, 3.63) is 0 Å². The number of hydrogen-bond acceptors (Lipinski definition) is 2. The van der Waals surface area contributed by atoms with Crippen LogP contribution < -0.4 is 11.1 Å². The summed E-state index contributed by atoms with van der Waals surface area (Å²) in [4.78, 5) is 5.27. The van der Waals surface area contributed by atoms with Gasteiger partial charge in [-0.05, 0) is 26.4 Å². The molecule has 0 atom stereocenters. The number of unbranched alkanes of at least 4 members (excludes halogenated alkanes) is 1. The highest BCUT2D eigenvalue weighted by Gasteiger charge is 2.28. The average Bonchev–Trinajstić information content (AvgIpc) is 2.22. The summed E-state index contributed by atoms with van der Waals surface area (Å²) in [5.74, 6) is 0.363. The first kappa shape index (κ1) is 17.0. The number of nitrogens with two attached hydrogens (primary N) is 1. The molecule has 0 saturated heterocycles. The smallest absolute Gasteiger partial charge is 0.370 e. The monoisotopic (exact) mass is 268 g/mol. The van der Waals surface area contributed by atoms with Crippen molar-refractivity contribution in [2.75, 3.05) is 33.2 Å². The van der Waals surface area contributed by atoms with Crippen molar-refractivity contribution >= 4 is 5.96 Å². The molecule has 0 fully saturated rings. The molecule has 0 radical (unpaired) electrons. The zero-order valence-corrected chi connectivity index (χ0v) is 11.1. The van der Waals surface area contributed by atoms with Crippen LogP contribution in [0.4, 0.5) is 13.2 Å². The lowest BCUT2D eigenvalue weighted by molar-refractivity contribution is -0.143. The summed E-state index contributed by atoms with van der Waals surface area (Å²) in [7, 11) is 1.44. The van der Waals surface area contributed by atoms with Gasteiger partial charge in [0.25, 0.3) is 0 Å². The van der Waals surface area contributed by atoms with Gasteiger partial charge in [0, 0.05) is 13.1 Å². The predicted molar refractivity (Wildman–Crippen MR) is 67.6 cm³/mol. The molecular formula is C11H23F3N4. The van der Waals surface area contributed by atoms with Gasteiger partial charge in [0.15, 0.2) is 5.96 Å². The van der Waals surface area contributed by atoms with Gasteiger partial charge in [-0.1, -0.05) is 13.3 Å². The lowest BCUT2D eigenvalue weighted by Crippen LogP contribution is -2.33. The zero-order valence-electron chi connectivity index (χ0n) is 11.1. The molecule has 0 aromatic carbocycles. The Hall–Kier alpha value is -0.980. The maximum Gasteiger partial charge on any atom is 0.401 e. The summed E-state index contributed by atoms with van der Waals surface area (Å²) >= 11 is 0. The van der Waals surface area contributed by atoms with E-state index in [1.807, 2.05) is 0 Å². The second-order valence-corrected chi connectivity index (χ2v) is 4.25. The number of hydrogen-bond donors (Lipinski definition) is 2. The number of halogens is 3. The van der Waals surface area contributed by atoms with Crippen LogP contribution in [-0.2, 0) is 0 Å². The van der Waals surface area contributed by atoms with Crippen molar-refractivity contribution in [1.82, 2.24) is 10.2 Å². The quantitative estimate of drug-likeness (QED) is 0.399. The molecule has 0 heterocycles. The van der Waals surface area contributed by atoms with Gasteiger partial charge < -0.3 is 11.1 Å². The number of nitrogens with one attached hydrogen (secondary N) is 1. The standard InChI is InChI=1S/C11H23F3N4/c1-3-4-6-16-10(15)17-7-5-8-18(2)9-11(12,13)14/h3-9H2,1-2H3,(H3,15,16,17). The van der Waals surface area contributed by atoms with E-state index < -0.39 is 12.7 Å². The predicted octanol–water partition coefficient (Wildman–Crippen LogP) is 1.57. The van der Waals surface area contributed by atoms with Gasteiger partial charge in [0.2, 0.25) is 0 Å². The summed E-state index contributed by atoms with van der Waals surface area (Å²) < 4.78 is 36.1. The van der Waals surface area contributed by atoms with Crippen LogP contribution in [0, 0.1) is 0 Å². The van der Waals surface area contributed by atoms with E-state index in [-0.39, 0.29) is 0 Å². The summed E-state index contributed by atoms with van der Waals surface area (Å²) in [5.41, 5.74) is 5.58. The van der Waals surface area contributed by atoms with E-state index in [0.717, 1.165) is 19.4 Å². The van der Waals surface area contributed by atoms with Gasteiger partial charge in [-0.15, -0.1) is 0 Å². The minimum absolute atomic E-state index is 0.352. The topological polar surface area (TPSA) is 53.6 Å². The van der Waals surface area contributed by atoms with Gasteiger partial charge in [0.05, 0.1) is 6.54 Å². The average molecular weight is 268 g/mol. The van der Waals surface area contributed by atoms with E-state index in [1.165, 1.54) is 11.9 Å². The Morgan fingerprint density at radius 3 is 2.56 bits per heavy atom. The molecule has 4 nitrogen and oxygen atoms in total. The van der Waals surface area contributed by atoms with Crippen molar-refractivity contribution in [2.45, 2.75) is 32.4 Å². The van der Waals surface area contributed by atoms with E-state index in [1.54, 1.807) is 0 Å². The highest BCUT2D eigenvalue weighted by Crippen LogP contribution is 2.15. The van der Waals surface area contributed by atoms with Gasteiger partial charge >= 0.3 is 6.18 Å². The maximum atomic E-state index is 12.0. The molecule has 7 heteroatoms. The molecule has 0 aliphatic carbocycles. The molecule has 0 unspecified atom stereocenters. The van der Waals surface area contributed by atoms with Crippen molar-refractivity contribution < 1.29 is 13.2 Å². The van der Waals surface area contributed by atoms with Gasteiger partial charge in [-0.25, -0.2) is 0 Å². The number of aliphatic imine (C=N–C) groups is 1. The maximum absolute atomic E-state index is 12.0. The van der Waals surface area contributed by atoms with E-state index in [4.69, 9.17) is 5.73 Å². The fraction of sp³-hybridized carbons (Fsp3) is 0.909. The molecule has 0 aliphatic rings. The first-order valence-corrected chi connectivity index (χ1v) is 6.14. The van der Waals surface area contributed by atoms with Crippen molar-refractivity contribution in [2.24, 2.45) is 10.7 Å². The lowest BCUT2D eigenvalue weighted by atomic mass is 10.3. The third-order valence-electron chi connectivity index (χ3n) is 2.27.